The molecule has 2 atom stereocenters. The Labute approximate surface area is 145 Å². The SMILES string of the molecule is CCC[C@](CC)(C(C)=O)N(C(=O)CC)[C@@H](C)c1ccc(Cl)cc1. The van der Waals surface area contributed by atoms with E-state index >= 15 is 0 Å². The van der Waals surface area contributed by atoms with Crippen molar-refractivity contribution >= 4 is 23.3 Å². The largest absolute Gasteiger partial charge is 0.323 e. The van der Waals surface area contributed by atoms with E-state index in [9.17, 15) is 9.59 Å². The van der Waals surface area contributed by atoms with E-state index in [0.29, 0.717) is 24.3 Å². The second kappa shape index (κ2) is 8.49. The lowest BCUT2D eigenvalue weighted by Crippen LogP contribution is -2.56. The first-order valence-corrected chi connectivity index (χ1v) is 8.80. The van der Waals surface area contributed by atoms with Gasteiger partial charge in [-0.2, -0.15) is 0 Å². The molecule has 0 spiro atoms. The van der Waals surface area contributed by atoms with E-state index in [1.54, 1.807) is 6.92 Å². The first kappa shape index (κ1) is 19.7. The summed E-state index contributed by atoms with van der Waals surface area (Å²) in [5.41, 5.74) is 0.257. The van der Waals surface area contributed by atoms with E-state index in [1.165, 1.54) is 0 Å². The molecule has 0 heterocycles. The number of carbonyl (C=O) groups excluding carboxylic acids is 2. The van der Waals surface area contributed by atoms with Crippen molar-refractivity contribution in [3.8, 4) is 0 Å². The molecule has 0 N–H and O–H groups in total. The fourth-order valence-corrected chi connectivity index (χ4v) is 3.49. The average molecular weight is 338 g/mol. The molecule has 0 saturated heterocycles. The van der Waals surface area contributed by atoms with Gasteiger partial charge >= 0.3 is 0 Å². The van der Waals surface area contributed by atoms with Gasteiger partial charge in [-0.15, -0.1) is 0 Å². The van der Waals surface area contributed by atoms with E-state index in [2.05, 4.69) is 6.92 Å². The van der Waals surface area contributed by atoms with Crippen molar-refractivity contribution in [2.75, 3.05) is 0 Å². The van der Waals surface area contributed by atoms with Crippen LogP contribution in [0.4, 0.5) is 0 Å². The first-order chi connectivity index (χ1) is 10.8. The lowest BCUT2D eigenvalue weighted by atomic mass is 9.82. The normalized spacial score (nSPS) is 14.9. The number of benzene rings is 1. The number of nitrogens with zero attached hydrogens (tertiary/aromatic N) is 1. The van der Waals surface area contributed by atoms with Crippen LogP contribution < -0.4 is 0 Å². The Morgan fingerprint density at radius 3 is 2.13 bits per heavy atom. The number of carbonyl (C=O) groups is 2. The van der Waals surface area contributed by atoms with Crippen molar-refractivity contribution in [1.29, 1.82) is 0 Å². The third kappa shape index (κ3) is 4.14. The van der Waals surface area contributed by atoms with Crippen molar-refractivity contribution in [2.45, 2.75) is 71.9 Å². The topological polar surface area (TPSA) is 37.4 Å². The highest BCUT2D eigenvalue weighted by Gasteiger charge is 2.43. The molecule has 0 aromatic heterocycles. The van der Waals surface area contributed by atoms with Crippen LogP contribution in [0, 0.1) is 0 Å². The van der Waals surface area contributed by atoms with Gasteiger partial charge in [-0.25, -0.2) is 0 Å². The lowest BCUT2D eigenvalue weighted by molar-refractivity contribution is -0.150. The van der Waals surface area contributed by atoms with Crippen LogP contribution >= 0.6 is 11.6 Å². The summed E-state index contributed by atoms with van der Waals surface area (Å²) in [6.07, 6.45) is 2.55. The molecule has 0 radical (unpaired) electrons. The molecule has 1 amide bonds. The summed E-state index contributed by atoms with van der Waals surface area (Å²) >= 11 is 5.97. The lowest BCUT2D eigenvalue weighted by Gasteiger charge is -2.45. The first-order valence-electron chi connectivity index (χ1n) is 8.42. The second-order valence-corrected chi connectivity index (χ2v) is 6.47. The maximum absolute atomic E-state index is 12.7. The molecule has 128 valence electrons. The van der Waals surface area contributed by atoms with Crippen molar-refractivity contribution in [1.82, 2.24) is 4.90 Å². The maximum atomic E-state index is 12.7. The summed E-state index contributed by atoms with van der Waals surface area (Å²) in [7, 11) is 0. The minimum Gasteiger partial charge on any atom is -0.323 e. The Hall–Kier alpha value is -1.35. The summed E-state index contributed by atoms with van der Waals surface area (Å²) < 4.78 is 0. The Morgan fingerprint density at radius 2 is 1.74 bits per heavy atom. The number of rotatable bonds is 8. The van der Waals surface area contributed by atoms with Crippen LogP contribution in [0.5, 0.6) is 0 Å². The fourth-order valence-electron chi connectivity index (χ4n) is 3.36. The Kier molecular flexibility index (Phi) is 7.27. The minimum atomic E-state index is -0.735. The fraction of sp³-hybridized carbons (Fsp3) is 0.579. The summed E-state index contributed by atoms with van der Waals surface area (Å²) in [6.45, 7) is 9.47. The number of halogens is 1. The smallest absolute Gasteiger partial charge is 0.223 e. The summed E-state index contributed by atoms with van der Waals surface area (Å²) in [5.74, 6) is 0.0717. The summed E-state index contributed by atoms with van der Waals surface area (Å²) in [4.78, 5) is 27.1. The van der Waals surface area contributed by atoms with Gasteiger partial charge in [0.05, 0.1) is 6.04 Å². The Bertz CT molecular complexity index is 541. The molecule has 1 aromatic carbocycles. The molecule has 0 bridgehead atoms. The highest BCUT2D eigenvalue weighted by atomic mass is 35.5. The number of ketones is 1. The van der Waals surface area contributed by atoms with Gasteiger partial charge in [0.15, 0.2) is 5.78 Å². The predicted octanol–water partition coefficient (Wildman–Crippen LogP) is 5.18. The molecule has 23 heavy (non-hydrogen) atoms. The zero-order valence-corrected chi connectivity index (χ0v) is 15.6. The van der Waals surface area contributed by atoms with Crippen LogP contribution in [0.3, 0.4) is 0 Å². The van der Waals surface area contributed by atoms with E-state index in [0.717, 1.165) is 12.0 Å². The van der Waals surface area contributed by atoms with Gasteiger partial charge in [0.25, 0.3) is 0 Å². The van der Waals surface area contributed by atoms with Gasteiger partial charge in [-0.05, 0) is 44.4 Å². The molecule has 4 heteroatoms. The molecule has 0 aliphatic heterocycles. The Balaban J connectivity index is 3.38. The molecule has 1 aromatic rings. The van der Waals surface area contributed by atoms with Gasteiger partial charge in [0, 0.05) is 11.4 Å². The molecule has 3 nitrogen and oxygen atoms in total. The zero-order valence-electron chi connectivity index (χ0n) is 14.9. The molecule has 0 fully saturated rings. The summed E-state index contributed by atoms with van der Waals surface area (Å²) in [5, 5.41) is 0.663. The van der Waals surface area contributed by atoms with Gasteiger partial charge in [-0.3, -0.25) is 9.59 Å². The van der Waals surface area contributed by atoms with Crippen molar-refractivity contribution < 1.29 is 9.59 Å². The van der Waals surface area contributed by atoms with E-state index in [1.807, 2.05) is 49.9 Å². The highest BCUT2D eigenvalue weighted by Crippen LogP contribution is 2.36. The van der Waals surface area contributed by atoms with Crippen LogP contribution in [0.25, 0.3) is 0 Å². The monoisotopic (exact) mass is 337 g/mol. The predicted molar refractivity (Wildman–Crippen MR) is 95.6 cm³/mol. The van der Waals surface area contributed by atoms with Gasteiger partial charge in [0.1, 0.15) is 5.54 Å². The van der Waals surface area contributed by atoms with Crippen LogP contribution in [0.2, 0.25) is 5.02 Å². The number of Topliss-reactive ketones (excluding diaryl/α,β-unsaturated/α-hetero) is 1. The van der Waals surface area contributed by atoms with Crippen LogP contribution in [-0.4, -0.2) is 22.1 Å². The standard InChI is InChI=1S/C19H28ClNO2/c1-6-13-19(8-3,15(5)22)21(18(23)7-2)14(4)16-9-11-17(20)12-10-16/h9-12,14H,6-8,13H2,1-5H3/t14-,19+/m0/s1. The third-order valence-electron chi connectivity index (χ3n) is 4.68. The second-order valence-electron chi connectivity index (χ2n) is 6.04. The average Bonchev–Trinajstić information content (AvgIpc) is 2.54. The van der Waals surface area contributed by atoms with Gasteiger partial charge in [0.2, 0.25) is 5.91 Å². The molecule has 1 rings (SSSR count). The molecular formula is C19H28ClNO2. The minimum absolute atomic E-state index is 0.0120. The third-order valence-corrected chi connectivity index (χ3v) is 4.93. The highest BCUT2D eigenvalue weighted by molar-refractivity contribution is 6.30. The van der Waals surface area contributed by atoms with Crippen molar-refractivity contribution in [3.05, 3.63) is 34.9 Å². The molecule has 0 aliphatic rings. The Morgan fingerprint density at radius 1 is 1.17 bits per heavy atom. The summed E-state index contributed by atoms with van der Waals surface area (Å²) in [6, 6.07) is 7.33. The zero-order chi connectivity index (χ0) is 17.6. The van der Waals surface area contributed by atoms with Crippen LogP contribution in [0.1, 0.15) is 71.9 Å². The number of amides is 1. The molecule has 0 unspecified atom stereocenters. The maximum Gasteiger partial charge on any atom is 0.223 e. The number of hydrogen-bond acceptors (Lipinski definition) is 2. The van der Waals surface area contributed by atoms with Crippen LogP contribution in [0.15, 0.2) is 24.3 Å². The van der Waals surface area contributed by atoms with Gasteiger partial charge in [-0.1, -0.05) is 50.9 Å². The number of hydrogen-bond donors (Lipinski definition) is 0. The van der Waals surface area contributed by atoms with Crippen LogP contribution in [-0.2, 0) is 9.59 Å². The van der Waals surface area contributed by atoms with Crippen molar-refractivity contribution in [3.63, 3.8) is 0 Å². The quantitative estimate of drug-likeness (QED) is 0.655. The van der Waals surface area contributed by atoms with E-state index in [4.69, 9.17) is 11.6 Å². The van der Waals surface area contributed by atoms with E-state index < -0.39 is 5.54 Å². The van der Waals surface area contributed by atoms with E-state index in [-0.39, 0.29) is 17.7 Å². The molecule has 0 aliphatic carbocycles. The van der Waals surface area contributed by atoms with Gasteiger partial charge < -0.3 is 4.90 Å². The molecular weight excluding hydrogens is 310 g/mol. The van der Waals surface area contributed by atoms with Crippen molar-refractivity contribution in [2.24, 2.45) is 0 Å². The molecule has 0 saturated carbocycles.